The molecule has 4 heteroatoms. The summed E-state index contributed by atoms with van der Waals surface area (Å²) in [4.78, 5) is 18.0. The standard InChI is InChI=1S/C29H41N3O/c1-6-7-17-28(32-20(2)11-8-12-21(32)3)24-15-10-16-27-26(24)19-25(29(33)30-27)22-13-9-14-23(18-22)31(4)5/h9-10,13-16,18,20-21,25,28H,6-8,11-12,17,19H2,1-5H3,(H,30,33). The van der Waals surface area contributed by atoms with Gasteiger partial charge < -0.3 is 10.2 Å². The van der Waals surface area contributed by atoms with Crippen LogP contribution >= 0.6 is 0 Å². The summed E-state index contributed by atoms with van der Waals surface area (Å²) < 4.78 is 0. The molecule has 2 aliphatic heterocycles. The minimum absolute atomic E-state index is 0.111. The molecule has 2 aliphatic rings. The summed E-state index contributed by atoms with van der Waals surface area (Å²) in [6, 6.07) is 16.6. The molecule has 33 heavy (non-hydrogen) atoms. The van der Waals surface area contributed by atoms with Crippen LogP contribution in [0.3, 0.4) is 0 Å². The average Bonchev–Trinajstić information content (AvgIpc) is 2.80. The van der Waals surface area contributed by atoms with E-state index >= 15 is 0 Å². The molecule has 178 valence electrons. The van der Waals surface area contributed by atoms with Gasteiger partial charge in [-0.1, -0.05) is 50.5 Å². The first-order valence-corrected chi connectivity index (χ1v) is 12.9. The van der Waals surface area contributed by atoms with Crippen LogP contribution in [-0.2, 0) is 11.2 Å². The van der Waals surface area contributed by atoms with E-state index in [0.29, 0.717) is 18.1 Å². The van der Waals surface area contributed by atoms with Crippen LogP contribution in [0.15, 0.2) is 42.5 Å². The van der Waals surface area contributed by atoms with E-state index in [4.69, 9.17) is 0 Å². The molecule has 0 bridgehead atoms. The van der Waals surface area contributed by atoms with Crippen molar-refractivity contribution in [3.63, 3.8) is 0 Å². The molecule has 2 heterocycles. The molecule has 4 atom stereocenters. The number of hydrogen-bond donors (Lipinski definition) is 1. The van der Waals surface area contributed by atoms with Gasteiger partial charge in [-0.3, -0.25) is 9.69 Å². The van der Waals surface area contributed by atoms with Crippen LogP contribution < -0.4 is 10.2 Å². The molecule has 2 aromatic carbocycles. The molecule has 1 saturated heterocycles. The fourth-order valence-electron chi connectivity index (χ4n) is 5.99. The number of amides is 1. The first kappa shape index (κ1) is 23.8. The Morgan fingerprint density at radius 1 is 1.09 bits per heavy atom. The number of carbonyl (C=O) groups excluding carboxylic acids is 1. The molecule has 1 amide bonds. The number of hydrogen-bond acceptors (Lipinski definition) is 3. The third-order valence-corrected chi connectivity index (χ3v) is 7.80. The summed E-state index contributed by atoms with van der Waals surface area (Å²) >= 11 is 0. The van der Waals surface area contributed by atoms with Crippen LogP contribution in [0.2, 0.25) is 0 Å². The number of unbranched alkanes of at least 4 members (excludes halogenated alkanes) is 1. The zero-order chi connectivity index (χ0) is 23.5. The summed E-state index contributed by atoms with van der Waals surface area (Å²) in [6.45, 7) is 7.09. The third-order valence-electron chi connectivity index (χ3n) is 7.80. The summed E-state index contributed by atoms with van der Waals surface area (Å²) in [5, 5.41) is 3.26. The Morgan fingerprint density at radius 3 is 2.52 bits per heavy atom. The Bertz CT molecular complexity index is 959. The Kier molecular flexibility index (Phi) is 7.43. The summed E-state index contributed by atoms with van der Waals surface area (Å²) in [5.74, 6) is -0.0399. The fourth-order valence-corrected chi connectivity index (χ4v) is 5.99. The fraction of sp³-hybridized carbons (Fsp3) is 0.552. The molecule has 1 fully saturated rings. The minimum Gasteiger partial charge on any atom is -0.378 e. The molecular weight excluding hydrogens is 406 g/mol. The van der Waals surface area contributed by atoms with E-state index in [0.717, 1.165) is 23.4 Å². The molecule has 0 aromatic heterocycles. The predicted octanol–water partition coefficient (Wildman–Crippen LogP) is 6.53. The topological polar surface area (TPSA) is 35.6 Å². The lowest BCUT2D eigenvalue weighted by Gasteiger charge is -2.45. The van der Waals surface area contributed by atoms with Crippen molar-refractivity contribution in [1.82, 2.24) is 4.90 Å². The van der Waals surface area contributed by atoms with Crippen molar-refractivity contribution in [3.05, 3.63) is 59.2 Å². The molecule has 2 aromatic rings. The zero-order valence-corrected chi connectivity index (χ0v) is 21.1. The molecule has 0 spiro atoms. The Morgan fingerprint density at radius 2 is 1.82 bits per heavy atom. The van der Waals surface area contributed by atoms with Gasteiger partial charge in [-0.15, -0.1) is 0 Å². The highest BCUT2D eigenvalue weighted by atomic mass is 16.1. The Labute approximate surface area is 200 Å². The van der Waals surface area contributed by atoms with E-state index in [2.05, 4.69) is 78.4 Å². The SMILES string of the molecule is CCCCC(c1cccc2c1CC(c1cccc(N(C)C)c1)C(=O)N2)N1C(C)CCCC1C. The third kappa shape index (κ3) is 4.96. The van der Waals surface area contributed by atoms with Crippen LogP contribution in [0.1, 0.15) is 87.9 Å². The number of fused-ring (bicyclic) bond motifs is 1. The second-order valence-corrected chi connectivity index (χ2v) is 10.3. The molecule has 0 radical (unpaired) electrons. The summed E-state index contributed by atoms with van der Waals surface area (Å²) in [5.41, 5.74) is 6.01. The maximum Gasteiger partial charge on any atom is 0.232 e. The molecule has 4 nitrogen and oxygen atoms in total. The lowest BCUT2D eigenvalue weighted by Crippen LogP contribution is -2.46. The summed E-state index contributed by atoms with van der Waals surface area (Å²) in [7, 11) is 4.10. The van der Waals surface area contributed by atoms with E-state index in [9.17, 15) is 4.79 Å². The van der Waals surface area contributed by atoms with Gasteiger partial charge in [-0.25, -0.2) is 0 Å². The normalized spacial score (nSPS) is 24.2. The van der Waals surface area contributed by atoms with Crippen LogP contribution in [0.4, 0.5) is 11.4 Å². The van der Waals surface area contributed by atoms with Crippen molar-refractivity contribution in [3.8, 4) is 0 Å². The molecule has 4 rings (SSSR count). The Hall–Kier alpha value is -2.33. The van der Waals surface area contributed by atoms with E-state index in [-0.39, 0.29) is 11.8 Å². The lowest BCUT2D eigenvalue weighted by molar-refractivity contribution is -0.117. The van der Waals surface area contributed by atoms with Gasteiger partial charge in [0.05, 0.1) is 5.92 Å². The quantitative estimate of drug-likeness (QED) is 0.524. The number of anilines is 2. The van der Waals surface area contributed by atoms with Crippen LogP contribution in [0.25, 0.3) is 0 Å². The van der Waals surface area contributed by atoms with Crippen LogP contribution in [-0.4, -0.2) is 37.0 Å². The number of benzene rings is 2. The van der Waals surface area contributed by atoms with Gasteiger partial charge in [0, 0.05) is 43.6 Å². The van der Waals surface area contributed by atoms with Crippen LogP contribution in [0.5, 0.6) is 0 Å². The monoisotopic (exact) mass is 447 g/mol. The number of nitrogens with zero attached hydrogens (tertiary/aromatic N) is 2. The number of nitrogens with one attached hydrogen (secondary N) is 1. The second kappa shape index (κ2) is 10.3. The highest BCUT2D eigenvalue weighted by Gasteiger charge is 2.36. The van der Waals surface area contributed by atoms with Gasteiger partial charge in [0.25, 0.3) is 0 Å². The molecule has 1 N–H and O–H groups in total. The minimum atomic E-state index is -0.151. The van der Waals surface area contributed by atoms with Gasteiger partial charge in [-0.2, -0.15) is 0 Å². The van der Waals surface area contributed by atoms with Crippen molar-refractivity contribution >= 4 is 17.3 Å². The average molecular weight is 448 g/mol. The van der Waals surface area contributed by atoms with Gasteiger partial charge >= 0.3 is 0 Å². The molecule has 0 aliphatic carbocycles. The van der Waals surface area contributed by atoms with E-state index in [1.54, 1.807) is 0 Å². The van der Waals surface area contributed by atoms with Crippen molar-refractivity contribution in [2.75, 3.05) is 24.3 Å². The predicted molar refractivity (Wildman–Crippen MR) is 139 cm³/mol. The van der Waals surface area contributed by atoms with Gasteiger partial charge in [-0.05, 0) is 74.4 Å². The summed E-state index contributed by atoms with van der Waals surface area (Å²) in [6.07, 6.45) is 8.26. The number of piperidine rings is 1. The first-order chi connectivity index (χ1) is 15.9. The number of rotatable bonds is 7. The smallest absolute Gasteiger partial charge is 0.232 e. The highest BCUT2D eigenvalue weighted by Crippen LogP contribution is 2.42. The van der Waals surface area contributed by atoms with Crippen molar-refractivity contribution in [2.24, 2.45) is 0 Å². The number of likely N-dealkylation sites (tertiary alicyclic amines) is 1. The maximum atomic E-state index is 13.2. The molecule has 4 unspecified atom stereocenters. The van der Waals surface area contributed by atoms with Gasteiger partial charge in [0.15, 0.2) is 0 Å². The number of carbonyl (C=O) groups is 1. The second-order valence-electron chi connectivity index (χ2n) is 10.3. The highest BCUT2D eigenvalue weighted by molar-refractivity contribution is 5.99. The van der Waals surface area contributed by atoms with E-state index in [1.807, 2.05) is 14.1 Å². The maximum absolute atomic E-state index is 13.2. The largest absolute Gasteiger partial charge is 0.378 e. The van der Waals surface area contributed by atoms with Gasteiger partial charge in [0.2, 0.25) is 5.91 Å². The first-order valence-electron chi connectivity index (χ1n) is 12.9. The molecular formula is C29H41N3O. The van der Waals surface area contributed by atoms with E-state index < -0.39 is 0 Å². The van der Waals surface area contributed by atoms with Gasteiger partial charge in [0.1, 0.15) is 0 Å². The van der Waals surface area contributed by atoms with Crippen molar-refractivity contribution in [2.45, 2.75) is 89.8 Å². The molecule has 0 saturated carbocycles. The Balaban J connectivity index is 1.73. The van der Waals surface area contributed by atoms with Crippen molar-refractivity contribution in [1.29, 1.82) is 0 Å². The van der Waals surface area contributed by atoms with Crippen molar-refractivity contribution < 1.29 is 4.79 Å². The van der Waals surface area contributed by atoms with Crippen LogP contribution in [0, 0.1) is 0 Å². The zero-order valence-electron chi connectivity index (χ0n) is 21.1. The van der Waals surface area contributed by atoms with E-state index in [1.165, 1.54) is 49.7 Å². The lowest BCUT2D eigenvalue weighted by atomic mass is 9.81.